The first kappa shape index (κ1) is 28.7. The number of hydrogen-bond donors (Lipinski definition) is 4. The molecule has 3 aromatic rings. The summed E-state index contributed by atoms with van der Waals surface area (Å²) in [7, 11) is 4.72. The summed E-state index contributed by atoms with van der Waals surface area (Å²) in [4.78, 5) is 45.7. The number of rotatable bonds is 9. The second-order valence-corrected chi connectivity index (χ2v) is 9.67. The number of nitrogens with one attached hydrogen (secondary N) is 4. The summed E-state index contributed by atoms with van der Waals surface area (Å²) in [5.41, 5.74) is 4.06. The molecular formula is C27H30ClFN6O5. The molecule has 11 nitrogen and oxygen atoms in total. The van der Waals surface area contributed by atoms with Gasteiger partial charge >= 0.3 is 12.2 Å². The summed E-state index contributed by atoms with van der Waals surface area (Å²) in [6.07, 6.45) is -1.23. The molecule has 40 heavy (non-hydrogen) atoms. The van der Waals surface area contributed by atoms with Crippen molar-refractivity contribution in [2.75, 3.05) is 43.7 Å². The average molecular weight is 573 g/mol. The lowest BCUT2D eigenvalue weighted by Crippen LogP contribution is -2.30. The third-order valence-corrected chi connectivity index (χ3v) is 6.85. The van der Waals surface area contributed by atoms with Gasteiger partial charge in [0.2, 0.25) is 5.91 Å². The fourth-order valence-electron chi connectivity index (χ4n) is 4.51. The number of nitrogens with zero attached hydrogens (tertiary/aromatic N) is 2. The molecule has 1 aliphatic heterocycles. The van der Waals surface area contributed by atoms with Gasteiger partial charge in [-0.25, -0.2) is 19.0 Å². The van der Waals surface area contributed by atoms with Crippen molar-refractivity contribution in [1.82, 2.24) is 14.9 Å². The fourth-order valence-corrected chi connectivity index (χ4v) is 4.68. The number of ether oxygens (including phenoxy) is 2. The summed E-state index contributed by atoms with van der Waals surface area (Å²) in [6, 6.07) is 8.23. The molecule has 4 rings (SSSR count). The molecule has 2 aromatic carbocycles. The van der Waals surface area contributed by atoms with Gasteiger partial charge in [0.15, 0.2) is 5.82 Å². The number of aromatic amines is 1. The van der Waals surface area contributed by atoms with Crippen LogP contribution in [0.1, 0.15) is 36.0 Å². The number of hydrogen-bond acceptors (Lipinski definition) is 7. The summed E-state index contributed by atoms with van der Waals surface area (Å²) >= 11 is 5.92. The zero-order chi connectivity index (χ0) is 29.0. The maximum Gasteiger partial charge on any atom is 0.412 e. The van der Waals surface area contributed by atoms with Crippen LogP contribution in [0, 0.1) is 12.7 Å². The normalized spacial score (nSPS) is 14.1. The van der Waals surface area contributed by atoms with E-state index >= 15 is 0 Å². The Labute approximate surface area is 235 Å². The van der Waals surface area contributed by atoms with Crippen LogP contribution in [0.15, 0.2) is 30.3 Å². The van der Waals surface area contributed by atoms with Crippen molar-refractivity contribution in [3.05, 3.63) is 58.3 Å². The molecule has 212 valence electrons. The lowest BCUT2D eigenvalue weighted by Gasteiger charge is -2.27. The van der Waals surface area contributed by atoms with Gasteiger partial charge in [-0.15, -0.1) is 0 Å². The van der Waals surface area contributed by atoms with Crippen LogP contribution in [0.2, 0.25) is 5.02 Å². The molecule has 4 N–H and O–H groups in total. The number of benzene rings is 2. The summed E-state index contributed by atoms with van der Waals surface area (Å²) < 4.78 is 24.6. The van der Waals surface area contributed by atoms with Crippen LogP contribution < -0.4 is 16.0 Å². The zero-order valence-electron chi connectivity index (χ0n) is 22.5. The third kappa shape index (κ3) is 6.28. The van der Waals surface area contributed by atoms with Gasteiger partial charge in [-0.05, 0) is 50.1 Å². The Morgan fingerprint density at radius 3 is 2.77 bits per heavy atom. The first-order valence-corrected chi connectivity index (χ1v) is 12.9. The highest BCUT2D eigenvalue weighted by Crippen LogP contribution is 2.38. The maximum absolute atomic E-state index is 14.6. The Bertz CT molecular complexity index is 1450. The summed E-state index contributed by atoms with van der Waals surface area (Å²) in [6.45, 7) is 2.23. The minimum absolute atomic E-state index is 0.0452. The van der Waals surface area contributed by atoms with E-state index in [1.807, 2.05) is 13.0 Å². The molecular weight excluding hydrogens is 543 g/mol. The van der Waals surface area contributed by atoms with Crippen molar-refractivity contribution in [1.29, 1.82) is 0 Å². The number of halogens is 2. The van der Waals surface area contributed by atoms with Crippen molar-refractivity contribution in [3.63, 3.8) is 0 Å². The topological polar surface area (TPSA) is 138 Å². The Kier molecular flexibility index (Phi) is 8.78. The van der Waals surface area contributed by atoms with E-state index in [-0.39, 0.29) is 22.9 Å². The molecule has 0 bridgehead atoms. The highest BCUT2D eigenvalue weighted by molar-refractivity contribution is 6.31. The Morgan fingerprint density at radius 1 is 1.27 bits per heavy atom. The molecule has 13 heteroatoms. The Morgan fingerprint density at radius 2 is 2.05 bits per heavy atom. The van der Waals surface area contributed by atoms with Crippen LogP contribution in [-0.2, 0) is 20.7 Å². The zero-order valence-corrected chi connectivity index (χ0v) is 23.2. The number of amides is 3. The largest absolute Gasteiger partial charge is 0.453 e. The Balaban J connectivity index is 1.38. The number of H-pyrrole nitrogens is 1. The highest BCUT2D eigenvalue weighted by Gasteiger charge is 2.30. The SMILES string of the molecule is CNc1cc(NC(=O)OC)ccc1-c1nc(CC(=O)N(C)CCCC2OC(=O)Nc3ccc(Cl)c(F)c32)[nH]c1C. The summed E-state index contributed by atoms with van der Waals surface area (Å²) in [5.74, 6) is -0.293. The summed E-state index contributed by atoms with van der Waals surface area (Å²) in [5, 5.41) is 8.15. The van der Waals surface area contributed by atoms with Crippen LogP contribution >= 0.6 is 11.6 Å². The van der Waals surface area contributed by atoms with Crippen molar-refractivity contribution >= 4 is 46.8 Å². The smallest absolute Gasteiger partial charge is 0.412 e. The number of cyclic esters (lactones) is 1. The van der Waals surface area contributed by atoms with Crippen molar-refractivity contribution in [3.8, 4) is 11.3 Å². The molecule has 0 saturated carbocycles. The van der Waals surface area contributed by atoms with E-state index in [0.717, 1.165) is 16.9 Å². The van der Waals surface area contributed by atoms with E-state index in [1.54, 1.807) is 31.1 Å². The fraction of sp³-hybridized carbons (Fsp3) is 0.333. The Hall–Kier alpha value is -4.32. The van der Waals surface area contributed by atoms with E-state index < -0.39 is 24.1 Å². The molecule has 2 heterocycles. The minimum atomic E-state index is -0.809. The van der Waals surface area contributed by atoms with Crippen molar-refractivity contribution < 1.29 is 28.2 Å². The maximum atomic E-state index is 14.6. The minimum Gasteiger partial charge on any atom is -0.453 e. The standard InChI is InChI=1S/C27H30ClFN6O5/c1-14-25(16-8-7-15(12-19(16)30-2)32-26(37)39-4)34-21(31-14)13-22(36)35(3)11-5-6-20-23-18(33-27(38)40-20)10-9-17(28)24(23)29/h7-10,12,20,30H,5-6,11,13H2,1-4H3,(H,31,34)(H,32,37)(H,33,38). The molecule has 0 fully saturated rings. The van der Waals surface area contributed by atoms with Crippen LogP contribution in [0.25, 0.3) is 11.3 Å². The van der Waals surface area contributed by atoms with Gasteiger partial charge in [0.25, 0.3) is 0 Å². The second-order valence-electron chi connectivity index (χ2n) is 9.26. The highest BCUT2D eigenvalue weighted by atomic mass is 35.5. The molecule has 1 unspecified atom stereocenters. The molecule has 0 aliphatic carbocycles. The second kappa shape index (κ2) is 12.2. The van der Waals surface area contributed by atoms with Crippen molar-refractivity contribution in [2.24, 2.45) is 0 Å². The van der Waals surface area contributed by atoms with Gasteiger partial charge in [0, 0.05) is 43.3 Å². The third-order valence-electron chi connectivity index (χ3n) is 6.55. The average Bonchev–Trinajstić information content (AvgIpc) is 3.29. The first-order chi connectivity index (χ1) is 19.1. The molecule has 1 aliphatic rings. The number of likely N-dealkylation sites (N-methyl/N-ethyl adjacent to an activating group) is 1. The molecule has 3 amide bonds. The van der Waals surface area contributed by atoms with Gasteiger partial charge in [0.1, 0.15) is 11.9 Å². The number of imidazole rings is 1. The van der Waals surface area contributed by atoms with E-state index in [4.69, 9.17) is 16.3 Å². The molecule has 0 radical (unpaired) electrons. The van der Waals surface area contributed by atoms with E-state index in [2.05, 4.69) is 30.7 Å². The van der Waals surface area contributed by atoms with Gasteiger partial charge in [0.05, 0.1) is 35.5 Å². The van der Waals surface area contributed by atoms with Crippen LogP contribution in [0.5, 0.6) is 0 Å². The molecule has 0 saturated heterocycles. The number of carbonyl (C=O) groups is 3. The number of carbonyl (C=O) groups excluding carboxylic acids is 3. The lowest BCUT2D eigenvalue weighted by atomic mass is 10.0. The number of methoxy groups -OCH3 is 1. The molecule has 1 aromatic heterocycles. The van der Waals surface area contributed by atoms with E-state index in [1.165, 1.54) is 19.2 Å². The predicted octanol–water partition coefficient (Wildman–Crippen LogP) is 5.48. The van der Waals surface area contributed by atoms with Gasteiger partial charge < -0.3 is 24.7 Å². The van der Waals surface area contributed by atoms with Gasteiger partial charge in [-0.2, -0.15) is 0 Å². The first-order valence-electron chi connectivity index (χ1n) is 12.5. The van der Waals surface area contributed by atoms with E-state index in [9.17, 15) is 18.8 Å². The van der Waals surface area contributed by atoms with Crippen molar-refractivity contribution in [2.45, 2.75) is 32.3 Å². The molecule has 0 spiro atoms. The number of aryl methyl sites for hydroxylation is 1. The number of anilines is 3. The monoisotopic (exact) mass is 572 g/mol. The van der Waals surface area contributed by atoms with Gasteiger partial charge in [-0.3, -0.25) is 15.4 Å². The molecule has 1 atom stereocenters. The lowest BCUT2D eigenvalue weighted by molar-refractivity contribution is -0.129. The quantitative estimate of drug-likeness (QED) is 0.266. The number of fused-ring (bicyclic) bond motifs is 1. The van der Waals surface area contributed by atoms with E-state index in [0.29, 0.717) is 42.3 Å². The number of aromatic nitrogens is 2. The van der Waals surface area contributed by atoms with Crippen LogP contribution in [0.3, 0.4) is 0 Å². The predicted molar refractivity (Wildman–Crippen MR) is 149 cm³/mol. The van der Waals surface area contributed by atoms with Crippen LogP contribution in [-0.4, -0.2) is 60.7 Å². The van der Waals surface area contributed by atoms with Crippen LogP contribution in [0.4, 0.5) is 31.0 Å². The van der Waals surface area contributed by atoms with Gasteiger partial charge in [-0.1, -0.05) is 11.6 Å².